The molecule has 0 saturated carbocycles. The zero-order chi connectivity index (χ0) is 12.6. The second-order valence-electron chi connectivity index (χ2n) is 3.74. The standard InChI is InChI=1S/C7H13NO6S2/c1-15(11,12)8-2-3-16(13,14)5-6(8)4-7(9)10/h6H,2-5H2,1H3,(H,9,10). The summed E-state index contributed by atoms with van der Waals surface area (Å²) in [6, 6.07) is -0.994. The SMILES string of the molecule is CS(=O)(=O)N1CCS(=O)(=O)CC1CC(=O)O. The molecule has 7 nitrogen and oxygen atoms in total. The first-order chi connectivity index (χ1) is 7.12. The average molecular weight is 271 g/mol. The number of rotatable bonds is 3. The predicted octanol–water partition coefficient (Wildman–Crippen LogP) is -1.48. The Morgan fingerprint density at radius 1 is 1.50 bits per heavy atom. The molecule has 1 unspecified atom stereocenters. The smallest absolute Gasteiger partial charge is 0.305 e. The second kappa shape index (κ2) is 4.30. The van der Waals surface area contributed by atoms with Crippen molar-refractivity contribution in [3.63, 3.8) is 0 Å². The largest absolute Gasteiger partial charge is 0.481 e. The van der Waals surface area contributed by atoms with E-state index in [2.05, 4.69) is 0 Å². The Hall–Kier alpha value is -0.670. The molecule has 16 heavy (non-hydrogen) atoms. The Morgan fingerprint density at radius 2 is 2.06 bits per heavy atom. The van der Waals surface area contributed by atoms with Crippen molar-refractivity contribution in [2.45, 2.75) is 12.5 Å². The van der Waals surface area contributed by atoms with Crippen molar-refractivity contribution in [1.29, 1.82) is 0 Å². The van der Waals surface area contributed by atoms with Gasteiger partial charge in [-0.2, -0.15) is 4.31 Å². The van der Waals surface area contributed by atoms with Gasteiger partial charge in [0.15, 0.2) is 9.84 Å². The van der Waals surface area contributed by atoms with E-state index >= 15 is 0 Å². The molecular weight excluding hydrogens is 258 g/mol. The molecule has 1 saturated heterocycles. The summed E-state index contributed by atoms with van der Waals surface area (Å²) in [5.41, 5.74) is 0. The van der Waals surface area contributed by atoms with E-state index in [9.17, 15) is 21.6 Å². The second-order valence-corrected chi connectivity index (χ2v) is 7.90. The highest BCUT2D eigenvalue weighted by molar-refractivity contribution is 7.92. The van der Waals surface area contributed by atoms with Crippen LogP contribution < -0.4 is 0 Å². The maximum absolute atomic E-state index is 11.3. The molecular formula is C7H13NO6S2. The van der Waals surface area contributed by atoms with E-state index in [1.54, 1.807) is 0 Å². The summed E-state index contributed by atoms with van der Waals surface area (Å²) in [4.78, 5) is 10.5. The molecule has 0 aromatic carbocycles. The van der Waals surface area contributed by atoms with Gasteiger partial charge in [-0.3, -0.25) is 4.79 Å². The van der Waals surface area contributed by atoms with Gasteiger partial charge >= 0.3 is 5.97 Å². The van der Waals surface area contributed by atoms with E-state index < -0.39 is 44.0 Å². The Balaban J connectivity index is 2.97. The normalized spacial score (nSPS) is 26.4. The third-order valence-corrected chi connectivity index (χ3v) is 5.34. The number of carbonyl (C=O) groups is 1. The average Bonchev–Trinajstić information content (AvgIpc) is 1.97. The summed E-state index contributed by atoms with van der Waals surface area (Å²) < 4.78 is 46.2. The molecule has 1 aliphatic heterocycles. The molecule has 0 aromatic heterocycles. The number of sulfonamides is 1. The molecule has 0 amide bonds. The Morgan fingerprint density at radius 3 is 2.50 bits per heavy atom. The zero-order valence-corrected chi connectivity index (χ0v) is 10.3. The molecule has 0 radical (unpaired) electrons. The lowest BCUT2D eigenvalue weighted by Gasteiger charge is -2.32. The number of carboxylic acid groups (broad SMARTS) is 1. The van der Waals surface area contributed by atoms with Crippen molar-refractivity contribution in [1.82, 2.24) is 4.31 Å². The lowest BCUT2D eigenvalue weighted by molar-refractivity contribution is -0.137. The minimum Gasteiger partial charge on any atom is -0.481 e. The van der Waals surface area contributed by atoms with Crippen LogP contribution in [0.4, 0.5) is 0 Å². The van der Waals surface area contributed by atoms with Gasteiger partial charge in [0, 0.05) is 12.6 Å². The number of aliphatic carboxylic acids is 1. The van der Waals surface area contributed by atoms with Crippen LogP contribution in [0.2, 0.25) is 0 Å². The van der Waals surface area contributed by atoms with Crippen molar-refractivity contribution in [2.24, 2.45) is 0 Å². The van der Waals surface area contributed by atoms with Crippen LogP contribution in [0.5, 0.6) is 0 Å². The quantitative estimate of drug-likeness (QED) is 0.670. The number of sulfone groups is 1. The van der Waals surface area contributed by atoms with Gasteiger partial charge in [0.2, 0.25) is 10.0 Å². The first-order valence-electron chi connectivity index (χ1n) is 4.51. The molecule has 1 atom stereocenters. The number of hydrogen-bond acceptors (Lipinski definition) is 5. The van der Waals surface area contributed by atoms with Gasteiger partial charge in [-0.1, -0.05) is 0 Å². The van der Waals surface area contributed by atoms with E-state index in [1.165, 1.54) is 0 Å². The minimum atomic E-state index is -3.57. The maximum Gasteiger partial charge on any atom is 0.305 e. The maximum atomic E-state index is 11.3. The Bertz CT molecular complexity index is 479. The van der Waals surface area contributed by atoms with Crippen LogP contribution in [0.1, 0.15) is 6.42 Å². The summed E-state index contributed by atoms with van der Waals surface area (Å²) in [6.45, 7) is -0.168. The molecule has 1 fully saturated rings. The van der Waals surface area contributed by atoms with Crippen molar-refractivity contribution in [3.8, 4) is 0 Å². The van der Waals surface area contributed by atoms with Crippen LogP contribution in [0.15, 0.2) is 0 Å². The van der Waals surface area contributed by atoms with E-state index in [-0.39, 0.29) is 12.3 Å². The van der Waals surface area contributed by atoms with Crippen LogP contribution in [-0.4, -0.2) is 62.6 Å². The summed E-state index contributed by atoms with van der Waals surface area (Å²) in [7, 11) is -6.91. The summed E-state index contributed by atoms with van der Waals surface area (Å²) >= 11 is 0. The summed E-state index contributed by atoms with van der Waals surface area (Å²) in [6.07, 6.45) is 0.450. The first-order valence-corrected chi connectivity index (χ1v) is 8.18. The fourth-order valence-electron chi connectivity index (χ4n) is 1.67. The van der Waals surface area contributed by atoms with Crippen LogP contribution in [0.25, 0.3) is 0 Å². The predicted molar refractivity (Wildman–Crippen MR) is 56.2 cm³/mol. The lowest BCUT2D eigenvalue weighted by Crippen LogP contribution is -2.51. The topological polar surface area (TPSA) is 109 Å². The van der Waals surface area contributed by atoms with Gasteiger partial charge in [-0.25, -0.2) is 16.8 Å². The van der Waals surface area contributed by atoms with Crippen LogP contribution in [0, 0.1) is 0 Å². The van der Waals surface area contributed by atoms with Gasteiger partial charge in [0.1, 0.15) is 0 Å². The number of hydrogen-bond donors (Lipinski definition) is 1. The minimum absolute atomic E-state index is 0.168. The molecule has 94 valence electrons. The lowest BCUT2D eigenvalue weighted by atomic mass is 10.2. The molecule has 0 bridgehead atoms. The monoisotopic (exact) mass is 271 g/mol. The van der Waals surface area contributed by atoms with Crippen molar-refractivity contribution < 1.29 is 26.7 Å². The molecule has 0 aromatic rings. The highest BCUT2D eigenvalue weighted by Gasteiger charge is 2.37. The van der Waals surface area contributed by atoms with Gasteiger partial charge in [-0.05, 0) is 0 Å². The van der Waals surface area contributed by atoms with Crippen LogP contribution >= 0.6 is 0 Å². The molecule has 1 rings (SSSR count). The van der Waals surface area contributed by atoms with E-state index in [4.69, 9.17) is 5.11 Å². The molecule has 0 spiro atoms. The highest BCUT2D eigenvalue weighted by Crippen LogP contribution is 2.17. The molecule has 1 aliphatic rings. The number of nitrogens with zero attached hydrogens (tertiary/aromatic N) is 1. The first kappa shape index (κ1) is 13.4. The summed E-state index contributed by atoms with van der Waals surface area (Å²) in [5.74, 6) is -1.89. The zero-order valence-electron chi connectivity index (χ0n) is 8.66. The molecule has 1 heterocycles. The van der Waals surface area contributed by atoms with E-state index in [0.29, 0.717) is 0 Å². The van der Waals surface area contributed by atoms with Crippen molar-refractivity contribution in [2.75, 3.05) is 24.3 Å². The van der Waals surface area contributed by atoms with Crippen molar-refractivity contribution in [3.05, 3.63) is 0 Å². The van der Waals surface area contributed by atoms with Crippen LogP contribution in [-0.2, 0) is 24.7 Å². The van der Waals surface area contributed by atoms with Gasteiger partial charge in [0.05, 0.1) is 24.2 Å². The molecule has 9 heteroatoms. The Kier molecular flexibility index (Phi) is 3.60. The van der Waals surface area contributed by atoms with Gasteiger partial charge in [-0.15, -0.1) is 0 Å². The highest BCUT2D eigenvalue weighted by atomic mass is 32.2. The fraction of sp³-hybridized carbons (Fsp3) is 0.857. The van der Waals surface area contributed by atoms with Crippen molar-refractivity contribution >= 4 is 25.8 Å². The van der Waals surface area contributed by atoms with Gasteiger partial charge < -0.3 is 5.11 Å². The van der Waals surface area contributed by atoms with Gasteiger partial charge in [0.25, 0.3) is 0 Å². The molecule has 0 aliphatic carbocycles. The van der Waals surface area contributed by atoms with Crippen LogP contribution in [0.3, 0.4) is 0 Å². The van der Waals surface area contributed by atoms with E-state index in [1.807, 2.05) is 0 Å². The third kappa shape index (κ3) is 3.42. The summed E-state index contributed by atoms with van der Waals surface area (Å²) in [5, 5.41) is 8.60. The third-order valence-electron chi connectivity index (χ3n) is 2.31. The van der Waals surface area contributed by atoms with E-state index in [0.717, 1.165) is 10.6 Å². The fourth-order valence-corrected chi connectivity index (χ4v) is 4.52. The number of carboxylic acids is 1. The Labute approximate surface area is 94.0 Å². The molecule has 1 N–H and O–H groups in total.